The Morgan fingerprint density at radius 3 is 2.32 bits per heavy atom. The van der Waals surface area contributed by atoms with Crippen molar-refractivity contribution < 1.29 is 22.7 Å². The first-order valence-corrected chi connectivity index (χ1v) is 11.6. The molecule has 31 heavy (non-hydrogen) atoms. The van der Waals surface area contributed by atoms with E-state index in [2.05, 4.69) is 5.32 Å². The van der Waals surface area contributed by atoms with Crippen molar-refractivity contribution in [2.75, 3.05) is 31.3 Å². The number of amides is 2. The molecule has 0 aliphatic carbocycles. The first kappa shape index (κ1) is 24.2. The molecule has 1 atom stereocenters. The van der Waals surface area contributed by atoms with Crippen LogP contribution in [0.2, 0.25) is 0 Å². The molecule has 0 spiro atoms. The van der Waals surface area contributed by atoms with Crippen LogP contribution in [0.5, 0.6) is 5.75 Å². The van der Waals surface area contributed by atoms with Crippen LogP contribution in [0.25, 0.3) is 0 Å². The fraction of sp³-hybridized carbons (Fsp3) is 0.364. The van der Waals surface area contributed by atoms with Gasteiger partial charge in [0.05, 0.1) is 19.1 Å². The molecule has 9 heteroatoms. The summed E-state index contributed by atoms with van der Waals surface area (Å²) in [5.74, 6) is -0.369. The van der Waals surface area contributed by atoms with E-state index in [1.165, 1.54) is 19.1 Å². The summed E-state index contributed by atoms with van der Waals surface area (Å²) in [6.45, 7) is 3.29. The van der Waals surface area contributed by atoms with E-state index in [-0.39, 0.29) is 12.5 Å². The zero-order valence-electron chi connectivity index (χ0n) is 18.5. The predicted octanol–water partition coefficient (Wildman–Crippen LogP) is 1.93. The summed E-state index contributed by atoms with van der Waals surface area (Å²) < 4.78 is 31.1. The Morgan fingerprint density at radius 1 is 1.13 bits per heavy atom. The highest BCUT2D eigenvalue weighted by Crippen LogP contribution is 2.23. The molecule has 2 aromatic carbocycles. The molecule has 2 amide bonds. The van der Waals surface area contributed by atoms with Gasteiger partial charge in [0, 0.05) is 19.7 Å². The summed E-state index contributed by atoms with van der Waals surface area (Å²) >= 11 is 0. The summed E-state index contributed by atoms with van der Waals surface area (Å²) in [5, 5.41) is 2.54. The van der Waals surface area contributed by atoms with Gasteiger partial charge in [0.2, 0.25) is 21.8 Å². The molecule has 0 unspecified atom stereocenters. The Bertz CT molecular complexity index is 1020. The molecule has 0 aromatic heterocycles. The van der Waals surface area contributed by atoms with E-state index in [1.807, 2.05) is 31.2 Å². The minimum absolute atomic E-state index is 0.170. The van der Waals surface area contributed by atoms with E-state index in [4.69, 9.17) is 4.74 Å². The van der Waals surface area contributed by atoms with Crippen LogP contribution in [0.4, 0.5) is 5.69 Å². The fourth-order valence-electron chi connectivity index (χ4n) is 3.06. The second-order valence-electron chi connectivity index (χ2n) is 7.27. The summed E-state index contributed by atoms with van der Waals surface area (Å²) in [5.41, 5.74) is 2.21. The van der Waals surface area contributed by atoms with Crippen LogP contribution in [0.3, 0.4) is 0 Å². The Hall–Kier alpha value is -3.07. The van der Waals surface area contributed by atoms with E-state index in [9.17, 15) is 18.0 Å². The minimum Gasteiger partial charge on any atom is -0.497 e. The maximum atomic E-state index is 13.3. The molecule has 0 heterocycles. The maximum Gasteiger partial charge on any atom is 0.244 e. The molecule has 2 aromatic rings. The van der Waals surface area contributed by atoms with E-state index in [1.54, 1.807) is 31.2 Å². The summed E-state index contributed by atoms with van der Waals surface area (Å²) in [6, 6.07) is 13.3. The Kier molecular flexibility index (Phi) is 8.04. The van der Waals surface area contributed by atoms with Gasteiger partial charge in [-0.3, -0.25) is 13.9 Å². The van der Waals surface area contributed by atoms with Gasteiger partial charge in [0.1, 0.15) is 18.3 Å². The molecular weight excluding hydrogens is 418 g/mol. The molecule has 0 aliphatic rings. The molecule has 0 radical (unpaired) electrons. The fourth-order valence-corrected chi connectivity index (χ4v) is 3.90. The molecule has 0 fully saturated rings. The first-order valence-electron chi connectivity index (χ1n) is 9.75. The van der Waals surface area contributed by atoms with Crippen LogP contribution < -0.4 is 14.4 Å². The molecular formula is C22H29N3O5S. The Balaban J connectivity index is 2.38. The number of anilines is 1. The highest BCUT2D eigenvalue weighted by molar-refractivity contribution is 7.92. The van der Waals surface area contributed by atoms with Crippen molar-refractivity contribution in [3.8, 4) is 5.75 Å². The standard InChI is InChI=1S/C22H29N3O5S/c1-16-9-11-18(12-10-16)14-24(17(2)22(27)23-3)21(26)15-25(31(5,28)29)19-7-6-8-20(13-19)30-4/h6-13,17H,14-15H2,1-5H3,(H,23,27)/t17-/m1/s1. The van der Waals surface area contributed by atoms with Gasteiger partial charge in [0.25, 0.3) is 0 Å². The second-order valence-corrected chi connectivity index (χ2v) is 9.18. The number of hydrogen-bond acceptors (Lipinski definition) is 5. The zero-order chi connectivity index (χ0) is 23.2. The quantitative estimate of drug-likeness (QED) is 0.634. The van der Waals surface area contributed by atoms with Gasteiger partial charge in [-0.15, -0.1) is 0 Å². The van der Waals surface area contributed by atoms with Crippen molar-refractivity contribution in [2.45, 2.75) is 26.4 Å². The number of methoxy groups -OCH3 is 1. The third kappa shape index (κ3) is 6.45. The molecule has 0 bridgehead atoms. The number of rotatable bonds is 9. The number of carbonyl (C=O) groups is 2. The third-order valence-corrected chi connectivity index (χ3v) is 6.05. The van der Waals surface area contributed by atoms with Crippen LogP contribution >= 0.6 is 0 Å². The number of carbonyl (C=O) groups excluding carboxylic acids is 2. The van der Waals surface area contributed by atoms with Crippen molar-refractivity contribution in [1.29, 1.82) is 0 Å². The van der Waals surface area contributed by atoms with Gasteiger partial charge >= 0.3 is 0 Å². The van der Waals surface area contributed by atoms with Gasteiger partial charge < -0.3 is 15.0 Å². The number of sulfonamides is 1. The summed E-state index contributed by atoms with van der Waals surface area (Å²) in [4.78, 5) is 26.9. The van der Waals surface area contributed by atoms with Gasteiger partial charge in [-0.25, -0.2) is 8.42 Å². The first-order chi connectivity index (χ1) is 14.6. The van der Waals surface area contributed by atoms with Crippen LogP contribution in [-0.4, -0.2) is 58.1 Å². The number of aryl methyl sites for hydroxylation is 1. The maximum absolute atomic E-state index is 13.3. The monoisotopic (exact) mass is 447 g/mol. The highest BCUT2D eigenvalue weighted by atomic mass is 32.2. The number of hydrogen-bond donors (Lipinski definition) is 1. The number of likely N-dealkylation sites (N-methyl/N-ethyl adjacent to an activating group) is 1. The lowest BCUT2D eigenvalue weighted by molar-refractivity contribution is -0.139. The average Bonchev–Trinajstić information content (AvgIpc) is 2.75. The summed E-state index contributed by atoms with van der Waals surface area (Å²) in [6.07, 6.45) is 1.03. The van der Waals surface area contributed by atoms with Crippen LogP contribution in [0.15, 0.2) is 48.5 Å². The Morgan fingerprint density at radius 2 is 1.77 bits per heavy atom. The van der Waals surface area contributed by atoms with Crippen molar-refractivity contribution in [3.63, 3.8) is 0 Å². The molecule has 0 saturated carbocycles. The van der Waals surface area contributed by atoms with E-state index >= 15 is 0 Å². The minimum atomic E-state index is -3.77. The van der Waals surface area contributed by atoms with Crippen molar-refractivity contribution in [1.82, 2.24) is 10.2 Å². The zero-order valence-corrected chi connectivity index (χ0v) is 19.3. The molecule has 8 nitrogen and oxygen atoms in total. The Labute approximate surface area is 183 Å². The normalized spacial score (nSPS) is 12.0. The topological polar surface area (TPSA) is 96.0 Å². The lowest BCUT2D eigenvalue weighted by Gasteiger charge is -2.31. The molecule has 0 aliphatic heterocycles. The predicted molar refractivity (Wildman–Crippen MR) is 120 cm³/mol. The molecule has 0 saturated heterocycles. The lowest BCUT2D eigenvalue weighted by atomic mass is 10.1. The second kappa shape index (κ2) is 10.3. The van der Waals surface area contributed by atoms with Gasteiger partial charge in [0.15, 0.2) is 0 Å². The van der Waals surface area contributed by atoms with Crippen LogP contribution in [0, 0.1) is 6.92 Å². The van der Waals surface area contributed by atoms with Gasteiger partial charge in [-0.05, 0) is 31.5 Å². The third-order valence-electron chi connectivity index (χ3n) is 4.91. The molecule has 1 N–H and O–H groups in total. The lowest BCUT2D eigenvalue weighted by Crippen LogP contribution is -2.50. The number of nitrogens with zero attached hydrogens (tertiary/aromatic N) is 2. The largest absolute Gasteiger partial charge is 0.497 e. The van der Waals surface area contributed by atoms with Crippen molar-refractivity contribution >= 4 is 27.5 Å². The summed E-state index contributed by atoms with van der Waals surface area (Å²) in [7, 11) is -0.804. The van der Waals surface area contributed by atoms with Gasteiger partial charge in [-0.1, -0.05) is 35.9 Å². The average molecular weight is 448 g/mol. The van der Waals surface area contributed by atoms with E-state index in [0.717, 1.165) is 21.7 Å². The molecule has 2 rings (SSSR count). The number of nitrogens with one attached hydrogen (secondary N) is 1. The highest BCUT2D eigenvalue weighted by Gasteiger charge is 2.29. The van der Waals surface area contributed by atoms with Crippen molar-refractivity contribution in [3.05, 3.63) is 59.7 Å². The van der Waals surface area contributed by atoms with Gasteiger partial charge in [-0.2, -0.15) is 0 Å². The number of benzene rings is 2. The van der Waals surface area contributed by atoms with Crippen molar-refractivity contribution in [2.24, 2.45) is 0 Å². The van der Waals surface area contributed by atoms with Crippen LogP contribution in [0.1, 0.15) is 18.1 Å². The SMILES string of the molecule is CNC(=O)[C@@H](C)N(Cc1ccc(C)cc1)C(=O)CN(c1cccc(OC)c1)S(C)(=O)=O. The smallest absolute Gasteiger partial charge is 0.244 e. The van der Waals surface area contributed by atoms with E-state index in [0.29, 0.717) is 11.4 Å². The van der Waals surface area contributed by atoms with Crippen LogP contribution in [-0.2, 0) is 26.2 Å². The van der Waals surface area contributed by atoms with E-state index < -0.39 is 28.5 Å². The number of ether oxygens (including phenoxy) is 1. The molecule has 168 valence electrons.